The topological polar surface area (TPSA) is 37.3 Å². The molecule has 4 heteroatoms. The smallest absolute Gasteiger partial charge is 0.294 e. The second kappa shape index (κ2) is 5.64. The summed E-state index contributed by atoms with van der Waals surface area (Å²) in [5.74, 6) is 0.510. The van der Waals surface area contributed by atoms with Crippen molar-refractivity contribution in [2.75, 3.05) is 0 Å². The van der Waals surface area contributed by atoms with Gasteiger partial charge in [0.2, 0.25) is 0 Å². The maximum Gasteiger partial charge on any atom is 0.294 e. The van der Waals surface area contributed by atoms with E-state index in [-0.39, 0.29) is 17.0 Å². The fourth-order valence-electron chi connectivity index (χ4n) is 1.87. The number of hydrogen-bond acceptors (Lipinski definition) is 2. The minimum absolute atomic E-state index is 0.0111. The number of carbonyl (C=O) groups is 1. The summed E-state index contributed by atoms with van der Waals surface area (Å²) in [6, 6.07) is 3.60. The van der Waals surface area contributed by atoms with Crippen LogP contribution in [0.2, 0.25) is 0 Å². The third-order valence-electron chi connectivity index (χ3n) is 2.95. The largest absolute Gasteiger partial charge is 0.507 e. The molecule has 0 heterocycles. The molecule has 0 saturated heterocycles. The Bertz CT molecular complexity index is 462. The Morgan fingerprint density at radius 1 is 1.33 bits per heavy atom. The third-order valence-corrected chi connectivity index (χ3v) is 3.52. The molecule has 1 rings (SSSR count). The number of phenolic OH excluding ortho intramolecular Hbond substituents is 1. The summed E-state index contributed by atoms with van der Waals surface area (Å²) >= 11 is 1.95. The SMILES string of the molecule is CC(C)c1cc(C(=O)[B]I)cc(C(C)(C)C)c1O. The molecule has 0 aliphatic heterocycles. The van der Waals surface area contributed by atoms with Crippen LogP contribution in [0.1, 0.15) is 62.0 Å². The van der Waals surface area contributed by atoms with E-state index in [1.54, 1.807) is 12.1 Å². The first-order valence-electron chi connectivity index (χ1n) is 6.03. The Balaban J connectivity index is 3.52. The molecule has 0 aliphatic carbocycles. The number of hydrogen-bond donors (Lipinski definition) is 1. The van der Waals surface area contributed by atoms with Crippen LogP contribution in [0.4, 0.5) is 0 Å². The van der Waals surface area contributed by atoms with Gasteiger partial charge in [0.25, 0.3) is 5.14 Å². The van der Waals surface area contributed by atoms with Gasteiger partial charge in [0.15, 0.2) is 0 Å². The van der Waals surface area contributed by atoms with E-state index in [1.165, 1.54) is 5.14 Å². The molecule has 18 heavy (non-hydrogen) atoms. The molecule has 0 bridgehead atoms. The first-order valence-corrected chi connectivity index (χ1v) is 7.28. The van der Waals surface area contributed by atoms with E-state index in [1.807, 2.05) is 57.0 Å². The minimum atomic E-state index is -0.185. The van der Waals surface area contributed by atoms with Crippen LogP contribution in [0.3, 0.4) is 0 Å². The van der Waals surface area contributed by atoms with E-state index >= 15 is 0 Å². The lowest BCUT2D eigenvalue weighted by molar-refractivity contribution is 0.107. The molecule has 1 aromatic carbocycles. The molecule has 2 nitrogen and oxygen atoms in total. The van der Waals surface area contributed by atoms with Gasteiger partial charge >= 0.3 is 0 Å². The standard InChI is InChI=1S/C14H19BIO2/c1-8(2)10-6-9(13(18)15-16)7-11(12(10)17)14(3,4)5/h6-8,17H,1-5H3. The van der Waals surface area contributed by atoms with Crippen molar-refractivity contribution in [3.05, 3.63) is 28.8 Å². The first-order chi connectivity index (χ1) is 8.18. The van der Waals surface area contributed by atoms with Crippen molar-refractivity contribution in [3.8, 4) is 5.75 Å². The van der Waals surface area contributed by atoms with Crippen LogP contribution < -0.4 is 0 Å². The zero-order chi connectivity index (χ0) is 14.1. The normalized spacial score (nSPS) is 11.7. The molecule has 0 fully saturated rings. The minimum Gasteiger partial charge on any atom is -0.507 e. The summed E-state index contributed by atoms with van der Waals surface area (Å²) in [5, 5.41) is 11.9. The number of carbonyl (C=O) groups excluding carboxylic acids is 1. The Labute approximate surface area is 123 Å². The quantitative estimate of drug-likeness (QED) is 0.656. The average Bonchev–Trinajstić information content (AvgIpc) is 2.26. The molecule has 0 spiro atoms. The lowest BCUT2D eigenvalue weighted by Gasteiger charge is -2.24. The summed E-state index contributed by atoms with van der Waals surface area (Å²) in [5.41, 5.74) is 2.12. The lowest BCUT2D eigenvalue weighted by atomic mass is 9.80. The Hall–Kier alpha value is -0.515. The molecule has 0 amide bonds. The van der Waals surface area contributed by atoms with E-state index in [4.69, 9.17) is 0 Å². The van der Waals surface area contributed by atoms with Crippen LogP contribution in [0.15, 0.2) is 12.1 Å². The highest BCUT2D eigenvalue weighted by atomic mass is 127. The van der Waals surface area contributed by atoms with Gasteiger partial charge in [-0.25, -0.2) is 0 Å². The van der Waals surface area contributed by atoms with Crippen LogP contribution in [-0.2, 0) is 5.41 Å². The van der Waals surface area contributed by atoms with Crippen molar-refractivity contribution in [3.63, 3.8) is 0 Å². The van der Waals surface area contributed by atoms with Crippen LogP contribution in [0.25, 0.3) is 0 Å². The fourth-order valence-corrected chi connectivity index (χ4v) is 2.23. The Kier molecular flexibility index (Phi) is 4.87. The number of aromatic hydroxyl groups is 1. The van der Waals surface area contributed by atoms with E-state index in [0.29, 0.717) is 11.3 Å². The van der Waals surface area contributed by atoms with E-state index < -0.39 is 0 Å². The average molecular weight is 357 g/mol. The summed E-state index contributed by atoms with van der Waals surface area (Å²) in [6.45, 7) is 10.1. The zero-order valence-corrected chi connectivity index (χ0v) is 13.7. The number of phenols is 1. The summed E-state index contributed by atoms with van der Waals surface area (Å²) in [6.07, 6.45) is 0. The highest BCUT2D eigenvalue weighted by Crippen LogP contribution is 2.37. The number of halogens is 1. The molecular formula is C14H19BIO2. The van der Waals surface area contributed by atoms with Crippen molar-refractivity contribution in [2.24, 2.45) is 0 Å². The van der Waals surface area contributed by atoms with Crippen LogP contribution in [0, 0.1) is 0 Å². The van der Waals surface area contributed by atoms with Gasteiger partial charge < -0.3 is 9.90 Å². The van der Waals surface area contributed by atoms with E-state index in [0.717, 1.165) is 11.1 Å². The molecule has 0 atom stereocenters. The predicted octanol–water partition coefficient (Wildman–Crippen LogP) is 4.01. The highest BCUT2D eigenvalue weighted by Gasteiger charge is 2.23. The maximum absolute atomic E-state index is 11.8. The Morgan fingerprint density at radius 3 is 2.28 bits per heavy atom. The summed E-state index contributed by atoms with van der Waals surface area (Å²) < 4.78 is 0. The molecule has 1 N–H and O–H groups in total. The van der Waals surface area contributed by atoms with Gasteiger partial charge in [0.1, 0.15) is 11.4 Å². The Morgan fingerprint density at radius 2 is 1.89 bits per heavy atom. The second-order valence-electron chi connectivity index (χ2n) is 5.84. The van der Waals surface area contributed by atoms with Crippen molar-refractivity contribution >= 4 is 33.2 Å². The molecule has 1 aromatic rings. The van der Waals surface area contributed by atoms with Gasteiger partial charge in [-0.3, -0.25) is 0 Å². The van der Waals surface area contributed by atoms with Crippen LogP contribution in [0.5, 0.6) is 5.75 Å². The molecule has 1 radical (unpaired) electrons. The van der Waals surface area contributed by atoms with E-state index in [9.17, 15) is 9.90 Å². The molecule has 0 aliphatic rings. The lowest BCUT2D eigenvalue weighted by Crippen LogP contribution is -2.15. The molecule has 0 aromatic heterocycles. The van der Waals surface area contributed by atoms with Crippen molar-refractivity contribution in [2.45, 2.75) is 46.0 Å². The van der Waals surface area contributed by atoms with Gasteiger partial charge in [-0.2, -0.15) is 0 Å². The first kappa shape index (κ1) is 15.5. The van der Waals surface area contributed by atoms with Gasteiger partial charge in [-0.1, -0.05) is 34.6 Å². The predicted molar refractivity (Wildman–Crippen MR) is 85.0 cm³/mol. The van der Waals surface area contributed by atoms with Crippen molar-refractivity contribution < 1.29 is 9.90 Å². The summed E-state index contributed by atoms with van der Waals surface area (Å²) in [7, 11) is 0. The number of benzene rings is 1. The van der Waals surface area contributed by atoms with Crippen molar-refractivity contribution in [1.29, 1.82) is 0 Å². The molecule has 97 valence electrons. The van der Waals surface area contributed by atoms with Gasteiger partial charge in [0, 0.05) is 11.1 Å². The van der Waals surface area contributed by atoms with Crippen molar-refractivity contribution in [1.82, 2.24) is 0 Å². The zero-order valence-electron chi connectivity index (χ0n) is 11.5. The van der Waals surface area contributed by atoms with E-state index in [2.05, 4.69) is 0 Å². The molecular weight excluding hydrogens is 338 g/mol. The summed E-state index contributed by atoms with van der Waals surface area (Å²) in [4.78, 5) is 11.8. The third kappa shape index (κ3) is 3.28. The monoisotopic (exact) mass is 357 g/mol. The maximum atomic E-state index is 11.8. The molecule has 0 unspecified atom stereocenters. The van der Waals surface area contributed by atoms with Crippen LogP contribution in [-0.4, -0.2) is 15.9 Å². The van der Waals surface area contributed by atoms with Gasteiger partial charge in [-0.15, -0.1) is 22.4 Å². The fraction of sp³-hybridized carbons (Fsp3) is 0.500. The highest BCUT2D eigenvalue weighted by molar-refractivity contribution is 14.1. The number of rotatable bonds is 3. The van der Waals surface area contributed by atoms with Crippen LogP contribution >= 0.6 is 22.4 Å². The van der Waals surface area contributed by atoms with Gasteiger partial charge in [0.05, 0.1) is 0 Å². The van der Waals surface area contributed by atoms with Gasteiger partial charge in [-0.05, 0) is 29.0 Å². The molecule has 0 saturated carbocycles. The second-order valence-corrected chi connectivity index (χ2v) is 6.46.